The van der Waals surface area contributed by atoms with Crippen LogP contribution in [-0.2, 0) is 17.6 Å². The third kappa shape index (κ3) is 4.57. The van der Waals surface area contributed by atoms with E-state index in [0.29, 0.717) is 6.54 Å². The zero-order valence-electron chi connectivity index (χ0n) is 15.7. The smallest absolute Gasteiger partial charge is 0.270 e. The fraction of sp³-hybridized carbons (Fsp3) is 0.304. The molecule has 0 spiro atoms. The van der Waals surface area contributed by atoms with Gasteiger partial charge in [-0.05, 0) is 55.0 Å². The lowest BCUT2D eigenvalue weighted by Crippen LogP contribution is -2.36. The maximum atomic E-state index is 12.9. The molecule has 0 fully saturated rings. The predicted octanol–water partition coefficient (Wildman–Crippen LogP) is 4.83. The Hall–Kier alpha value is -3.06. The number of rotatable bonds is 6. The van der Waals surface area contributed by atoms with Crippen LogP contribution in [0.25, 0.3) is 0 Å². The zero-order valence-corrected chi connectivity index (χ0v) is 15.7. The monoisotopic (exact) mass is 359 g/mol. The van der Waals surface area contributed by atoms with Crippen LogP contribution in [0.1, 0.15) is 37.3 Å². The highest BCUT2D eigenvalue weighted by Gasteiger charge is 2.24. The van der Waals surface area contributed by atoms with Crippen molar-refractivity contribution in [3.8, 4) is 6.07 Å². The summed E-state index contributed by atoms with van der Waals surface area (Å²) in [5.41, 5.74) is 4.35. The highest BCUT2D eigenvalue weighted by molar-refractivity contribution is 6.09. The topological polar surface area (TPSA) is 56.1 Å². The summed E-state index contributed by atoms with van der Waals surface area (Å²) in [7, 11) is 0. The number of fused-ring (bicyclic) bond motifs is 1. The number of carbonyl (C=O) groups is 1. The van der Waals surface area contributed by atoms with E-state index in [1.165, 1.54) is 24.6 Å². The molecular weight excluding hydrogens is 334 g/mol. The van der Waals surface area contributed by atoms with Gasteiger partial charge in [-0.3, -0.25) is 4.79 Å². The average Bonchev–Trinajstić information content (AvgIpc) is 2.73. The van der Waals surface area contributed by atoms with E-state index in [-0.39, 0.29) is 11.5 Å². The van der Waals surface area contributed by atoms with Crippen molar-refractivity contribution in [3.63, 3.8) is 0 Å². The fourth-order valence-corrected chi connectivity index (χ4v) is 3.34. The van der Waals surface area contributed by atoms with Gasteiger partial charge in [0.05, 0.1) is 0 Å². The molecule has 1 amide bonds. The van der Waals surface area contributed by atoms with Gasteiger partial charge in [-0.25, -0.2) is 0 Å². The van der Waals surface area contributed by atoms with Gasteiger partial charge in [0, 0.05) is 24.1 Å². The molecule has 3 rings (SSSR count). The Morgan fingerprint density at radius 3 is 2.74 bits per heavy atom. The van der Waals surface area contributed by atoms with Gasteiger partial charge >= 0.3 is 0 Å². The van der Waals surface area contributed by atoms with Crippen LogP contribution in [0, 0.1) is 11.3 Å². The van der Waals surface area contributed by atoms with Crippen molar-refractivity contribution in [1.82, 2.24) is 0 Å². The van der Waals surface area contributed by atoms with Gasteiger partial charge in [-0.2, -0.15) is 5.26 Å². The Bertz CT molecular complexity index is 862. The first-order chi connectivity index (χ1) is 13.2. The molecule has 1 heterocycles. The Morgan fingerprint density at radius 2 is 2.00 bits per heavy atom. The van der Waals surface area contributed by atoms with Crippen LogP contribution >= 0.6 is 0 Å². The molecular formula is C23H25N3O. The van der Waals surface area contributed by atoms with Crippen LogP contribution in [0.5, 0.6) is 0 Å². The molecule has 2 aromatic rings. The van der Waals surface area contributed by atoms with Crippen LogP contribution in [-0.4, -0.2) is 12.5 Å². The third-order valence-electron chi connectivity index (χ3n) is 4.86. The van der Waals surface area contributed by atoms with E-state index in [9.17, 15) is 10.1 Å². The van der Waals surface area contributed by atoms with Crippen molar-refractivity contribution in [1.29, 1.82) is 5.26 Å². The highest BCUT2D eigenvalue weighted by Crippen LogP contribution is 2.27. The number of aryl methyl sites for hydroxylation is 2. The number of nitrogens with zero attached hydrogens (tertiary/aromatic N) is 2. The van der Waals surface area contributed by atoms with Gasteiger partial charge < -0.3 is 10.2 Å². The van der Waals surface area contributed by atoms with Crippen molar-refractivity contribution in [2.75, 3.05) is 16.8 Å². The van der Waals surface area contributed by atoms with Crippen LogP contribution in [0.3, 0.4) is 0 Å². The van der Waals surface area contributed by atoms with E-state index in [2.05, 4.69) is 24.4 Å². The number of amides is 1. The van der Waals surface area contributed by atoms with Crippen LogP contribution in [0.4, 0.5) is 11.4 Å². The summed E-state index contributed by atoms with van der Waals surface area (Å²) in [6.45, 7) is 2.82. The Kier molecular flexibility index (Phi) is 6.27. The second-order valence-corrected chi connectivity index (χ2v) is 6.80. The molecule has 1 N–H and O–H groups in total. The van der Waals surface area contributed by atoms with Crippen molar-refractivity contribution in [2.24, 2.45) is 0 Å². The third-order valence-corrected chi connectivity index (χ3v) is 4.86. The molecule has 27 heavy (non-hydrogen) atoms. The number of anilines is 2. The van der Waals surface area contributed by atoms with Gasteiger partial charge in [0.25, 0.3) is 5.91 Å². The summed E-state index contributed by atoms with van der Waals surface area (Å²) in [5, 5.41) is 12.6. The molecule has 0 unspecified atom stereocenters. The lowest BCUT2D eigenvalue weighted by Gasteiger charge is -2.29. The fourth-order valence-electron chi connectivity index (χ4n) is 3.34. The maximum Gasteiger partial charge on any atom is 0.270 e. The largest absolute Gasteiger partial charge is 0.360 e. The molecule has 0 aliphatic carbocycles. The minimum atomic E-state index is -0.253. The van der Waals surface area contributed by atoms with E-state index < -0.39 is 0 Å². The van der Waals surface area contributed by atoms with E-state index in [1.807, 2.05) is 42.5 Å². The number of nitrogens with one attached hydrogen (secondary N) is 1. The summed E-state index contributed by atoms with van der Waals surface area (Å²) in [5.74, 6) is -0.253. The minimum Gasteiger partial charge on any atom is -0.360 e. The Morgan fingerprint density at radius 1 is 1.22 bits per heavy atom. The quantitative estimate of drug-likeness (QED) is 0.594. The van der Waals surface area contributed by atoms with Crippen molar-refractivity contribution < 1.29 is 4.79 Å². The van der Waals surface area contributed by atoms with E-state index >= 15 is 0 Å². The number of unbranched alkanes of at least 4 members (excludes halogenated alkanes) is 1. The molecule has 0 atom stereocenters. The maximum absolute atomic E-state index is 12.9. The summed E-state index contributed by atoms with van der Waals surface area (Å²) < 4.78 is 0. The van der Waals surface area contributed by atoms with Crippen molar-refractivity contribution in [3.05, 3.63) is 71.4 Å². The molecule has 4 heteroatoms. The number of hydrogen-bond donors (Lipinski definition) is 1. The molecule has 1 aliphatic heterocycles. The summed E-state index contributed by atoms with van der Waals surface area (Å²) >= 11 is 0. The summed E-state index contributed by atoms with van der Waals surface area (Å²) in [4.78, 5) is 14.6. The lowest BCUT2D eigenvalue weighted by molar-refractivity contribution is -0.114. The first-order valence-electron chi connectivity index (χ1n) is 9.58. The average molecular weight is 359 g/mol. The summed E-state index contributed by atoms with van der Waals surface area (Å²) in [6.07, 6.45) is 6.82. The minimum absolute atomic E-state index is 0.113. The van der Waals surface area contributed by atoms with Crippen LogP contribution < -0.4 is 10.2 Å². The Balaban J connectivity index is 1.71. The first kappa shape index (κ1) is 18.7. The Labute approximate surface area is 161 Å². The molecule has 0 saturated heterocycles. The van der Waals surface area contributed by atoms with Gasteiger partial charge in [-0.1, -0.05) is 43.7 Å². The molecule has 2 aromatic carbocycles. The molecule has 0 radical (unpaired) electrons. The number of para-hydroxylation sites is 1. The van der Waals surface area contributed by atoms with Crippen LogP contribution in [0.15, 0.2) is 60.3 Å². The molecule has 1 aliphatic rings. The molecule has 0 saturated carbocycles. The van der Waals surface area contributed by atoms with Crippen LogP contribution in [0.2, 0.25) is 0 Å². The van der Waals surface area contributed by atoms with Gasteiger partial charge in [0.1, 0.15) is 11.6 Å². The predicted molar refractivity (Wildman–Crippen MR) is 109 cm³/mol. The standard InChI is InChI=1S/C23H25N3O/c1-2-3-7-18-11-13-21(14-12-18)25-17-20(16-24)23(27)26-15-6-9-19-8-4-5-10-22(19)26/h4-5,8,10-14,17,25H,2-3,6-7,9,15H2,1H3/b20-17-. The molecule has 0 bridgehead atoms. The van der Waals surface area contributed by atoms with Crippen molar-refractivity contribution >= 4 is 17.3 Å². The number of hydrogen-bond acceptors (Lipinski definition) is 3. The lowest BCUT2D eigenvalue weighted by atomic mass is 10.0. The van der Waals surface area contributed by atoms with Crippen molar-refractivity contribution in [2.45, 2.75) is 39.0 Å². The number of carbonyl (C=O) groups excluding carboxylic acids is 1. The van der Waals surface area contributed by atoms with Gasteiger partial charge in [-0.15, -0.1) is 0 Å². The van der Waals surface area contributed by atoms with E-state index in [0.717, 1.165) is 36.2 Å². The van der Waals surface area contributed by atoms with E-state index in [4.69, 9.17) is 0 Å². The molecule has 4 nitrogen and oxygen atoms in total. The number of nitriles is 1. The van der Waals surface area contributed by atoms with Gasteiger partial charge in [0.2, 0.25) is 0 Å². The second kappa shape index (κ2) is 9.05. The molecule has 0 aromatic heterocycles. The van der Waals surface area contributed by atoms with E-state index in [1.54, 1.807) is 4.90 Å². The SMILES string of the molecule is CCCCc1ccc(N/C=C(/C#N)C(=O)N2CCCc3ccccc32)cc1. The molecule has 138 valence electrons. The number of benzene rings is 2. The zero-order chi connectivity index (χ0) is 19.1. The van der Waals surface area contributed by atoms with Gasteiger partial charge in [0.15, 0.2) is 0 Å². The second-order valence-electron chi connectivity index (χ2n) is 6.80. The first-order valence-corrected chi connectivity index (χ1v) is 9.58. The highest BCUT2D eigenvalue weighted by atomic mass is 16.2. The normalized spacial score (nSPS) is 13.6. The summed E-state index contributed by atoms with van der Waals surface area (Å²) in [6, 6.07) is 18.1.